The summed E-state index contributed by atoms with van der Waals surface area (Å²) in [5.41, 5.74) is 7.99. The molecule has 1 rings (SSSR count). The Balaban J connectivity index is 2.66. The highest BCUT2D eigenvalue weighted by molar-refractivity contribution is 9.10. The van der Waals surface area contributed by atoms with E-state index >= 15 is 0 Å². The van der Waals surface area contributed by atoms with Crippen LogP contribution in [0.5, 0.6) is 0 Å². The summed E-state index contributed by atoms with van der Waals surface area (Å²) in [6, 6.07) is 1.94. The molecule has 0 saturated carbocycles. The van der Waals surface area contributed by atoms with E-state index < -0.39 is 0 Å². The minimum absolute atomic E-state index is 0.451. The predicted molar refractivity (Wildman–Crippen MR) is 44.9 cm³/mol. The molecule has 0 N–H and O–H groups in total. The van der Waals surface area contributed by atoms with Crippen molar-refractivity contribution in [3.63, 3.8) is 0 Å². The van der Waals surface area contributed by atoms with Gasteiger partial charge in [0.05, 0.1) is 6.54 Å². The van der Waals surface area contributed by atoms with Crippen LogP contribution in [0, 0.1) is 0 Å². The van der Waals surface area contributed by atoms with Crippen LogP contribution in [0.1, 0.15) is 4.88 Å². The van der Waals surface area contributed by atoms with Gasteiger partial charge in [0, 0.05) is 19.6 Å². The SMILES string of the molecule is [N-]=[N+]=NCc1cc(Br)cs1. The Bertz CT molecular complexity index is 264. The maximum absolute atomic E-state index is 7.99. The average molecular weight is 218 g/mol. The molecule has 0 amide bonds. The van der Waals surface area contributed by atoms with E-state index in [0.29, 0.717) is 6.54 Å². The number of halogens is 1. The van der Waals surface area contributed by atoms with Crippen molar-refractivity contribution in [2.45, 2.75) is 6.54 Å². The molecule has 10 heavy (non-hydrogen) atoms. The van der Waals surface area contributed by atoms with Gasteiger partial charge >= 0.3 is 0 Å². The average Bonchev–Trinajstić information content (AvgIpc) is 2.31. The number of hydrogen-bond donors (Lipinski definition) is 0. The second-order valence-electron chi connectivity index (χ2n) is 1.62. The highest BCUT2D eigenvalue weighted by Gasteiger charge is 1.93. The van der Waals surface area contributed by atoms with Gasteiger partial charge in [-0.1, -0.05) is 5.11 Å². The normalized spacial score (nSPS) is 8.90. The molecule has 0 unspecified atom stereocenters. The van der Waals surface area contributed by atoms with Gasteiger partial charge in [-0.05, 0) is 27.5 Å². The molecular weight excluding hydrogens is 214 g/mol. The van der Waals surface area contributed by atoms with Crippen LogP contribution in [0.3, 0.4) is 0 Å². The first kappa shape index (κ1) is 7.60. The van der Waals surface area contributed by atoms with Crippen molar-refractivity contribution in [1.82, 2.24) is 0 Å². The standard InChI is InChI=1S/C5H4BrN3S/c6-4-1-5(10-3-4)2-8-9-7/h1,3H,2H2. The molecule has 0 fully saturated rings. The van der Waals surface area contributed by atoms with Crippen LogP contribution in [-0.2, 0) is 6.54 Å². The highest BCUT2D eigenvalue weighted by Crippen LogP contribution is 2.20. The first-order chi connectivity index (χ1) is 4.83. The van der Waals surface area contributed by atoms with E-state index in [1.165, 1.54) is 0 Å². The van der Waals surface area contributed by atoms with Crippen molar-refractivity contribution in [2.24, 2.45) is 5.11 Å². The van der Waals surface area contributed by atoms with Crippen molar-refractivity contribution in [3.8, 4) is 0 Å². The van der Waals surface area contributed by atoms with Gasteiger partial charge in [-0.3, -0.25) is 0 Å². The van der Waals surface area contributed by atoms with Gasteiger partial charge in [-0.2, -0.15) is 0 Å². The van der Waals surface area contributed by atoms with Crippen molar-refractivity contribution < 1.29 is 0 Å². The van der Waals surface area contributed by atoms with Gasteiger partial charge < -0.3 is 0 Å². The molecule has 0 aliphatic carbocycles. The lowest BCUT2D eigenvalue weighted by atomic mass is 10.5. The monoisotopic (exact) mass is 217 g/mol. The third kappa shape index (κ3) is 2.02. The van der Waals surface area contributed by atoms with E-state index in [9.17, 15) is 0 Å². The Morgan fingerprint density at radius 1 is 1.80 bits per heavy atom. The van der Waals surface area contributed by atoms with E-state index in [-0.39, 0.29) is 0 Å². The third-order valence-corrected chi connectivity index (χ3v) is 2.59. The number of rotatable bonds is 2. The number of hydrogen-bond acceptors (Lipinski definition) is 2. The summed E-state index contributed by atoms with van der Waals surface area (Å²) in [5, 5.41) is 5.39. The molecule has 0 atom stereocenters. The summed E-state index contributed by atoms with van der Waals surface area (Å²) >= 11 is 4.88. The smallest absolute Gasteiger partial charge is 0.0605 e. The molecule has 1 aromatic heterocycles. The molecule has 0 aliphatic rings. The van der Waals surface area contributed by atoms with Gasteiger partial charge in [0.25, 0.3) is 0 Å². The first-order valence-electron chi connectivity index (χ1n) is 2.56. The zero-order valence-corrected chi connectivity index (χ0v) is 7.39. The summed E-state index contributed by atoms with van der Waals surface area (Å²) in [7, 11) is 0. The third-order valence-electron chi connectivity index (χ3n) is 0.912. The molecule has 0 saturated heterocycles. The Hall–Kier alpha value is -0.510. The van der Waals surface area contributed by atoms with E-state index in [4.69, 9.17) is 5.53 Å². The van der Waals surface area contributed by atoms with E-state index in [1.807, 2.05) is 11.4 Å². The summed E-state index contributed by atoms with van der Waals surface area (Å²) in [6.45, 7) is 0.451. The van der Waals surface area contributed by atoms with E-state index in [0.717, 1.165) is 9.35 Å². The first-order valence-corrected chi connectivity index (χ1v) is 4.24. The van der Waals surface area contributed by atoms with Crippen LogP contribution in [0.4, 0.5) is 0 Å². The molecule has 3 nitrogen and oxygen atoms in total. The van der Waals surface area contributed by atoms with Gasteiger partial charge in [0.2, 0.25) is 0 Å². The maximum Gasteiger partial charge on any atom is 0.0605 e. The minimum Gasteiger partial charge on any atom is -0.148 e. The van der Waals surface area contributed by atoms with Crippen LogP contribution in [0.2, 0.25) is 0 Å². The fourth-order valence-corrected chi connectivity index (χ4v) is 1.91. The molecule has 0 bridgehead atoms. The topological polar surface area (TPSA) is 48.8 Å². The molecule has 0 radical (unpaired) electrons. The molecule has 5 heteroatoms. The predicted octanol–water partition coefficient (Wildman–Crippen LogP) is 3.32. The highest BCUT2D eigenvalue weighted by atomic mass is 79.9. The second-order valence-corrected chi connectivity index (χ2v) is 3.53. The Morgan fingerprint density at radius 2 is 2.60 bits per heavy atom. The molecule has 0 aromatic carbocycles. The van der Waals surface area contributed by atoms with Crippen molar-refractivity contribution >= 4 is 27.3 Å². The zero-order valence-electron chi connectivity index (χ0n) is 4.99. The van der Waals surface area contributed by atoms with Gasteiger partial charge in [0.1, 0.15) is 0 Å². The van der Waals surface area contributed by atoms with Crippen LogP contribution >= 0.6 is 27.3 Å². The van der Waals surface area contributed by atoms with Crippen molar-refractivity contribution in [3.05, 3.63) is 31.2 Å². The molecule has 0 spiro atoms. The largest absolute Gasteiger partial charge is 0.148 e. The fourth-order valence-electron chi connectivity index (χ4n) is 0.538. The summed E-state index contributed by atoms with van der Waals surface area (Å²) < 4.78 is 1.04. The minimum atomic E-state index is 0.451. The van der Waals surface area contributed by atoms with Crippen molar-refractivity contribution in [1.29, 1.82) is 0 Å². The lowest BCUT2D eigenvalue weighted by Gasteiger charge is -1.80. The van der Waals surface area contributed by atoms with E-state index in [1.54, 1.807) is 11.3 Å². The molecule has 52 valence electrons. The quantitative estimate of drug-likeness (QED) is 0.415. The second kappa shape index (κ2) is 3.61. The lowest BCUT2D eigenvalue weighted by Crippen LogP contribution is -1.67. The molecule has 0 aliphatic heterocycles. The van der Waals surface area contributed by atoms with Crippen LogP contribution in [0.25, 0.3) is 10.4 Å². The van der Waals surface area contributed by atoms with Gasteiger partial charge in [0.15, 0.2) is 0 Å². The lowest BCUT2D eigenvalue weighted by molar-refractivity contribution is 1.08. The number of azide groups is 1. The fraction of sp³-hybridized carbons (Fsp3) is 0.200. The molecular formula is C5H4BrN3S. The summed E-state index contributed by atoms with van der Waals surface area (Å²) in [5.74, 6) is 0. The Kier molecular flexibility index (Phi) is 2.74. The van der Waals surface area contributed by atoms with Crippen LogP contribution in [-0.4, -0.2) is 0 Å². The van der Waals surface area contributed by atoms with Crippen LogP contribution < -0.4 is 0 Å². The Labute approximate surface area is 70.4 Å². The molecule has 1 aromatic rings. The Morgan fingerprint density at radius 3 is 3.10 bits per heavy atom. The maximum atomic E-state index is 7.99. The van der Waals surface area contributed by atoms with Crippen molar-refractivity contribution in [2.75, 3.05) is 0 Å². The number of thiophene rings is 1. The van der Waals surface area contributed by atoms with Gasteiger partial charge in [-0.25, -0.2) is 0 Å². The zero-order chi connectivity index (χ0) is 7.40. The summed E-state index contributed by atoms with van der Waals surface area (Å²) in [4.78, 5) is 3.73. The number of nitrogens with zero attached hydrogens (tertiary/aromatic N) is 3. The molecule has 1 heterocycles. The van der Waals surface area contributed by atoms with E-state index in [2.05, 4.69) is 26.0 Å². The van der Waals surface area contributed by atoms with Gasteiger partial charge in [-0.15, -0.1) is 11.3 Å². The van der Waals surface area contributed by atoms with Crippen LogP contribution in [0.15, 0.2) is 21.0 Å². The summed E-state index contributed by atoms with van der Waals surface area (Å²) in [6.07, 6.45) is 0.